The zero-order chi connectivity index (χ0) is 13.5. The molecule has 0 aromatic carbocycles. The topological polar surface area (TPSA) is 18.8 Å². The molecule has 1 aromatic heterocycles. The van der Waals surface area contributed by atoms with Gasteiger partial charge in [0.15, 0.2) is 5.17 Å². The van der Waals surface area contributed by atoms with Gasteiger partial charge in [-0.2, -0.15) is 0 Å². The second-order valence-electron chi connectivity index (χ2n) is 5.02. The fourth-order valence-electron chi connectivity index (χ4n) is 2.05. The van der Waals surface area contributed by atoms with E-state index >= 15 is 0 Å². The minimum absolute atomic E-state index is 0.997. The van der Waals surface area contributed by atoms with E-state index in [2.05, 4.69) is 41.4 Å². The van der Waals surface area contributed by atoms with Crippen molar-refractivity contribution in [1.82, 2.24) is 9.80 Å². The third-order valence-corrected chi connectivity index (χ3v) is 5.01. The van der Waals surface area contributed by atoms with Crippen LogP contribution in [0.15, 0.2) is 22.5 Å². The van der Waals surface area contributed by atoms with Crippen molar-refractivity contribution in [2.45, 2.75) is 19.4 Å². The molecule has 2 heterocycles. The number of thioether (sulfide) groups is 1. The number of nitrogens with zero attached hydrogens (tertiary/aromatic N) is 3. The van der Waals surface area contributed by atoms with Crippen LogP contribution in [0, 0.1) is 0 Å². The van der Waals surface area contributed by atoms with Crippen LogP contribution in [0.3, 0.4) is 0 Å². The molecule has 0 radical (unpaired) electrons. The molecule has 0 unspecified atom stereocenters. The van der Waals surface area contributed by atoms with Crippen molar-refractivity contribution in [2.75, 3.05) is 39.5 Å². The highest BCUT2D eigenvalue weighted by Gasteiger charge is 2.15. The zero-order valence-corrected chi connectivity index (χ0v) is 13.5. The highest BCUT2D eigenvalue weighted by atomic mass is 32.2. The fraction of sp³-hybridized carbons (Fsp3) is 0.643. The van der Waals surface area contributed by atoms with Gasteiger partial charge < -0.3 is 9.80 Å². The summed E-state index contributed by atoms with van der Waals surface area (Å²) in [5, 5.41) is 3.40. The summed E-state index contributed by atoms with van der Waals surface area (Å²) in [5.74, 6) is 1.22. The number of aliphatic imine (C=N–C) groups is 1. The molecule has 19 heavy (non-hydrogen) atoms. The van der Waals surface area contributed by atoms with Gasteiger partial charge in [-0.1, -0.05) is 17.8 Å². The molecule has 5 heteroatoms. The van der Waals surface area contributed by atoms with E-state index in [9.17, 15) is 0 Å². The maximum absolute atomic E-state index is 4.70. The lowest BCUT2D eigenvalue weighted by Crippen LogP contribution is -2.32. The van der Waals surface area contributed by atoms with Gasteiger partial charge in [0.1, 0.15) is 0 Å². The Bertz CT molecular complexity index is 387. The van der Waals surface area contributed by atoms with E-state index in [1.807, 2.05) is 23.1 Å². The maximum Gasteiger partial charge on any atom is 0.159 e. The molecule has 0 bridgehead atoms. The number of hydrogen-bond acceptors (Lipinski definition) is 5. The zero-order valence-electron chi connectivity index (χ0n) is 11.8. The van der Waals surface area contributed by atoms with Crippen LogP contribution in [-0.2, 0) is 6.54 Å². The van der Waals surface area contributed by atoms with E-state index in [0.29, 0.717) is 0 Å². The van der Waals surface area contributed by atoms with Crippen molar-refractivity contribution in [3.8, 4) is 0 Å². The van der Waals surface area contributed by atoms with E-state index in [-0.39, 0.29) is 0 Å². The molecule has 106 valence electrons. The average molecular weight is 297 g/mol. The Balaban J connectivity index is 1.93. The molecule has 2 rings (SSSR count). The van der Waals surface area contributed by atoms with Crippen LogP contribution in [0.4, 0.5) is 0 Å². The normalized spacial score (nSPS) is 15.6. The predicted molar refractivity (Wildman–Crippen MR) is 87.3 cm³/mol. The quantitative estimate of drug-likeness (QED) is 0.804. The molecule has 0 saturated heterocycles. The summed E-state index contributed by atoms with van der Waals surface area (Å²) in [6.07, 6.45) is 2.41. The van der Waals surface area contributed by atoms with E-state index in [0.717, 1.165) is 26.2 Å². The Morgan fingerprint density at radius 1 is 1.32 bits per heavy atom. The summed E-state index contributed by atoms with van der Waals surface area (Å²) in [5.41, 5.74) is 0. The monoisotopic (exact) mass is 297 g/mol. The maximum atomic E-state index is 4.70. The Kier molecular flexibility index (Phi) is 6.20. The van der Waals surface area contributed by atoms with Crippen molar-refractivity contribution in [3.05, 3.63) is 22.4 Å². The molecule has 0 atom stereocenters. The summed E-state index contributed by atoms with van der Waals surface area (Å²) in [7, 11) is 4.27. The summed E-state index contributed by atoms with van der Waals surface area (Å²) in [4.78, 5) is 10.8. The van der Waals surface area contributed by atoms with Gasteiger partial charge in [0.25, 0.3) is 0 Å². The molecule has 0 spiro atoms. The minimum atomic E-state index is 0.997. The Morgan fingerprint density at radius 3 is 2.84 bits per heavy atom. The largest absolute Gasteiger partial charge is 0.346 e. The lowest BCUT2D eigenvalue weighted by Gasteiger charge is -2.27. The molecule has 0 amide bonds. The molecule has 1 aromatic rings. The minimum Gasteiger partial charge on any atom is -0.346 e. The molecule has 3 nitrogen and oxygen atoms in total. The van der Waals surface area contributed by atoms with Gasteiger partial charge in [-0.15, -0.1) is 11.3 Å². The number of hydrogen-bond donors (Lipinski definition) is 0. The lowest BCUT2D eigenvalue weighted by molar-refractivity contribution is 0.347. The first-order valence-corrected chi connectivity index (χ1v) is 8.71. The molecular formula is C14H23N3S2. The summed E-state index contributed by atoms with van der Waals surface area (Å²) in [6.45, 7) is 4.24. The average Bonchev–Trinajstić information content (AvgIpc) is 2.91. The Hall–Kier alpha value is -0.520. The first-order valence-electron chi connectivity index (χ1n) is 6.85. The highest BCUT2D eigenvalue weighted by Crippen LogP contribution is 2.20. The lowest BCUT2D eigenvalue weighted by atomic mass is 10.3. The van der Waals surface area contributed by atoms with E-state index < -0.39 is 0 Å². The van der Waals surface area contributed by atoms with Crippen LogP contribution in [0.2, 0.25) is 0 Å². The Labute approximate surface area is 124 Å². The van der Waals surface area contributed by atoms with E-state index in [4.69, 9.17) is 4.99 Å². The van der Waals surface area contributed by atoms with Crippen molar-refractivity contribution >= 4 is 28.3 Å². The second-order valence-corrected chi connectivity index (χ2v) is 7.12. The molecule has 1 aliphatic heterocycles. The highest BCUT2D eigenvalue weighted by molar-refractivity contribution is 8.13. The van der Waals surface area contributed by atoms with Crippen molar-refractivity contribution in [3.63, 3.8) is 0 Å². The molecule has 0 fully saturated rings. The predicted octanol–water partition coefficient (Wildman–Crippen LogP) is 2.99. The van der Waals surface area contributed by atoms with Gasteiger partial charge in [0, 0.05) is 23.7 Å². The van der Waals surface area contributed by atoms with Gasteiger partial charge in [0.05, 0.1) is 6.54 Å². The van der Waals surface area contributed by atoms with Gasteiger partial charge in [-0.25, -0.2) is 0 Å². The first-order chi connectivity index (χ1) is 9.25. The van der Waals surface area contributed by atoms with Crippen molar-refractivity contribution < 1.29 is 0 Å². The number of thiophene rings is 1. The summed E-state index contributed by atoms with van der Waals surface area (Å²) in [6, 6.07) is 4.35. The van der Waals surface area contributed by atoms with Gasteiger partial charge in [0.2, 0.25) is 0 Å². The SMILES string of the molecule is CN(C)CCCN(Cc1cccs1)C1=NCCCS1. The molecule has 1 aliphatic rings. The van der Waals surface area contributed by atoms with Crippen LogP contribution in [0.25, 0.3) is 0 Å². The second kappa shape index (κ2) is 7.92. The van der Waals surface area contributed by atoms with Crippen molar-refractivity contribution in [2.24, 2.45) is 4.99 Å². The number of amidine groups is 1. The Morgan fingerprint density at radius 2 is 2.21 bits per heavy atom. The standard InChI is InChI=1S/C14H23N3S2/c1-16(2)8-5-9-17(12-13-6-3-10-18-13)14-15-7-4-11-19-14/h3,6,10H,4-5,7-9,11-12H2,1-2H3. The van der Waals surface area contributed by atoms with Crippen LogP contribution < -0.4 is 0 Å². The molecule has 0 N–H and O–H groups in total. The van der Waals surface area contributed by atoms with E-state index in [1.54, 1.807) is 0 Å². The summed E-state index contributed by atoms with van der Waals surface area (Å²) >= 11 is 3.76. The fourth-order valence-corrected chi connectivity index (χ4v) is 3.75. The third-order valence-electron chi connectivity index (χ3n) is 3.01. The number of rotatable bonds is 6. The summed E-state index contributed by atoms with van der Waals surface area (Å²) < 4.78 is 0. The molecule has 0 saturated carbocycles. The van der Waals surface area contributed by atoms with Crippen LogP contribution in [0.5, 0.6) is 0 Å². The van der Waals surface area contributed by atoms with Gasteiger partial charge in [-0.05, 0) is 44.9 Å². The smallest absolute Gasteiger partial charge is 0.159 e. The molecule has 0 aliphatic carbocycles. The molecular weight excluding hydrogens is 274 g/mol. The first kappa shape index (κ1) is 14.9. The van der Waals surface area contributed by atoms with Gasteiger partial charge in [-0.3, -0.25) is 4.99 Å². The third kappa shape index (κ3) is 5.16. The van der Waals surface area contributed by atoms with E-state index in [1.165, 1.54) is 28.6 Å². The van der Waals surface area contributed by atoms with Crippen molar-refractivity contribution in [1.29, 1.82) is 0 Å². The van der Waals surface area contributed by atoms with Crippen LogP contribution >= 0.6 is 23.1 Å². The van der Waals surface area contributed by atoms with Gasteiger partial charge >= 0.3 is 0 Å². The van der Waals surface area contributed by atoms with Crippen LogP contribution in [-0.4, -0.2) is 54.4 Å². The van der Waals surface area contributed by atoms with Crippen LogP contribution in [0.1, 0.15) is 17.7 Å².